The second-order valence-corrected chi connectivity index (χ2v) is 8.35. The molecule has 0 saturated carbocycles. The Morgan fingerprint density at radius 1 is 1.08 bits per heavy atom. The number of carbonyl (C=O) groups excluding carboxylic acids is 1. The summed E-state index contributed by atoms with van der Waals surface area (Å²) in [4.78, 5) is 36.7. The highest BCUT2D eigenvalue weighted by molar-refractivity contribution is 6.06. The Morgan fingerprint density at radius 2 is 1.70 bits per heavy atom. The van der Waals surface area contributed by atoms with Crippen LogP contribution in [0.1, 0.15) is 33.7 Å². The van der Waals surface area contributed by atoms with E-state index in [1.165, 1.54) is 42.8 Å². The van der Waals surface area contributed by atoms with Crippen LogP contribution in [0.25, 0.3) is 22.0 Å². The van der Waals surface area contributed by atoms with Crippen LogP contribution in [0.4, 0.5) is 18.9 Å². The number of carboxylic acids is 1. The summed E-state index contributed by atoms with van der Waals surface area (Å²) in [5.41, 5.74) is 11.3. The van der Waals surface area contributed by atoms with Gasteiger partial charge in [-0.15, -0.1) is 0 Å². The Kier molecular flexibility index (Phi) is 7.76. The largest absolute Gasteiger partial charge is 0.481 e. The monoisotopic (exact) mass is 514 g/mol. The van der Waals surface area contributed by atoms with Crippen molar-refractivity contribution in [3.05, 3.63) is 87.5 Å². The molecule has 0 aliphatic heterocycles. The molecule has 0 aliphatic rings. The number of benzene rings is 2. The molecule has 0 saturated heterocycles. The Labute approximate surface area is 209 Å². The Hall–Kier alpha value is -4.54. The Bertz CT molecular complexity index is 1520. The van der Waals surface area contributed by atoms with Crippen LogP contribution in [0.2, 0.25) is 0 Å². The Morgan fingerprint density at radius 3 is 2.24 bits per heavy atom. The summed E-state index contributed by atoms with van der Waals surface area (Å²) in [5.74, 6) is -1.49. The molecule has 8 nitrogen and oxygen atoms in total. The topological polar surface area (TPSA) is 144 Å². The average molecular weight is 515 g/mol. The molecular formula is C26H25F3N4O4. The van der Waals surface area contributed by atoms with Crippen LogP contribution in [-0.4, -0.2) is 26.5 Å². The van der Waals surface area contributed by atoms with Gasteiger partial charge in [-0.1, -0.05) is 42.5 Å². The van der Waals surface area contributed by atoms with E-state index >= 15 is 0 Å². The minimum Gasteiger partial charge on any atom is -0.481 e. The van der Waals surface area contributed by atoms with Gasteiger partial charge in [-0.2, -0.15) is 13.2 Å². The molecule has 0 aliphatic carbocycles. The molecule has 0 fully saturated rings. The van der Waals surface area contributed by atoms with Crippen molar-refractivity contribution in [1.29, 1.82) is 0 Å². The van der Waals surface area contributed by atoms with Gasteiger partial charge >= 0.3 is 12.1 Å². The first-order valence-corrected chi connectivity index (χ1v) is 11.1. The lowest BCUT2D eigenvalue weighted by Crippen LogP contribution is -2.25. The minimum atomic E-state index is -4.64. The molecule has 0 unspecified atom stereocenters. The fraction of sp³-hybridized carbons (Fsp3) is 0.192. The number of H-pyrrole nitrogens is 1. The molecule has 194 valence electrons. The number of carbonyl (C=O) groups is 2. The molecule has 4 aromatic rings. The maximum atomic E-state index is 13.3. The van der Waals surface area contributed by atoms with Crippen LogP contribution in [0.5, 0.6) is 0 Å². The van der Waals surface area contributed by atoms with Crippen molar-refractivity contribution in [1.82, 2.24) is 9.55 Å². The van der Waals surface area contributed by atoms with E-state index in [-0.39, 0.29) is 29.8 Å². The number of halogens is 3. The number of aliphatic carboxylic acids is 1. The number of nitrogens with one attached hydrogen (secondary N) is 1. The van der Waals surface area contributed by atoms with Crippen molar-refractivity contribution in [2.75, 3.05) is 5.73 Å². The molecule has 11 heteroatoms. The van der Waals surface area contributed by atoms with Gasteiger partial charge in [-0.25, -0.2) is 0 Å². The standard InChI is InChI=1S/C17H16F3NO3.C9H9N3O/c1-10-9-13(17(18,19)20)15(16(24)21(10)2)12-6-3-11(4-7-12)5-8-14(22)23;10-7-5-3-1-2-4-6(5)12-8(7)9(11)13/h3-4,6-7,9H,5,8H2,1-2H3,(H,22,23);1-4,12H,10H2,(H2,11,13). The van der Waals surface area contributed by atoms with Crippen LogP contribution in [-0.2, 0) is 24.4 Å². The molecule has 0 spiro atoms. The predicted octanol–water partition coefficient (Wildman–Crippen LogP) is 4.25. The number of primary amides is 1. The zero-order valence-electron chi connectivity index (χ0n) is 20.0. The van der Waals surface area contributed by atoms with Crippen molar-refractivity contribution in [2.24, 2.45) is 12.8 Å². The summed E-state index contributed by atoms with van der Waals surface area (Å²) in [6, 6.07) is 14.3. The number of hydrogen-bond donors (Lipinski definition) is 4. The van der Waals surface area contributed by atoms with Crippen LogP contribution in [0.3, 0.4) is 0 Å². The second kappa shape index (κ2) is 10.6. The molecule has 2 aromatic carbocycles. The molecule has 0 atom stereocenters. The zero-order chi connectivity index (χ0) is 27.5. The van der Waals surface area contributed by atoms with E-state index in [9.17, 15) is 27.6 Å². The second-order valence-electron chi connectivity index (χ2n) is 8.35. The molecule has 37 heavy (non-hydrogen) atoms. The molecule has 4 rings (SSSR count). The lowest BCUT2D eigenvalue weighted by molar-refractivity contribution is -0.138. The van der Waals surface area contributed by atoms with Crippen molar-refractivity contribution in [3.63, 3.8) is 0 Å². The van der Waals surface area contributed by atoms with E-state index in [1.807, 2.05) is 24.3 Å². The van der Waals surface area contributed by atoms with E-state index in [0.717, 1.165) is 17.0 Å². The van der Waals surface area contributed by atoms with Crippen molar-refractivity contribution >= 4 is 28.5 Å². The number of amides is 1. The van der Waals surface area contributed by atoms with Crippen LogP contribution >= 0.6 is 0 Å². The molecule has 0 bridgehead atoms. The van der Waals surface area contributed by atoms with E-state index in [2.05, 4.69) is 4.98 Å². The first-order chi connectivity index (χ1) is 17.3. The average Bonchev–Trinajstić information content (AvgIpc) is 3.18. The summed E-state index contributed by atoms with van der Waals surface area (Å²) in [6.07, 6.45) is -4.44. The number of para-hydroxylation sites is 1. The number of nitrogen functional groups attached to an aromatic ring is 1. The van der Waals surface area contributed by atoms with E-state index in [1.54, 1.807) is 0 Å². The molecule has 2 aromatic heterocycles. The summed E-state index contributed by atoms with van der Waals surface area (Å²) in [7, 11) is 1.42. The van der Waals surface area contributed by atoms with E-state index in [4.69, 9.17) is 16.6 Å². The van der Waals surface area contributed by atoms with Gasteiger partial charge in [0.15, 0.2) is 0 Å². The first-order valence-electron chi connectivity index (χ1n) is 11.1. The van der Waals surface area contributed by atoms with Gasteiger partial charge in [0, 0.05) is 30.1 Å². The lowest BCUT2D eigenvalue weighted by atomic mass is 9.98. The number of nitrogens with zero attached hydrogens (tertiary/aromatic N) is 1. The number of alkyl halides is 3. The number of aryl methyl sites for hydroxylation is 2. The van der Waals surface area contributed by atoms with Gasteiger partial charge in [-0.3, -0.25) is 14.4 Å². The smallest absolute Gasteiger partial charge is 0.417 e. The van der Waals surface area contributed by atoms with Gasteiger partial charge in [0.1, 0.15) is 5.69 Å². The fourth-order valence-corrected chi connectivity index (χ4v) is 3.77. The van der Waals surface area contributed by atoms with Crippen molar-refractivity contribution in [3.8, 4) is 11.1 Å². The number of hydrogen-bond acceptors (Lipinski definition) is 4. The first kappa shape index (κ1) is 27.1. The van der Waals surface area contributed by atoms with Crippen LogP contribution in [0.15, 0.2) is 59.4 Å². The zero-order valence-corrected chi connectivity index (χ0v) is 20.0. The van der Waals surface area contributed by atoms with Crippen LogP contribution in [0, 0.1) is 6.92 Å². The molecule has 0 radical (unpaired) electrons. The number of aromatic amines is 1. The van der Waals surface area contributed by atoms with Crippen molar-refractivity contribution in [2.45, 2.75) is 25.9 Å². The summed E-state index contributed by atoms with van der Waals surface area (Å²) < 4.78 is 41.1. The predicted molar refractivity (Wildman–Crippen MR) is 134 cm³/mol. The third-order valence-electron chi connectivity index (χ3n) is 5.84. The third kappa shape index (κ3) is 6.00. The van der Waals surface area contributed by atoms with E-state index in [0.29, 0.717) is 11.3 Å². The van der Waals surface area contributed by atoms with Gasteiger partial charge in [0.25, 0.3) is 11.5 Å². The highest BCUT2D eigenvalue weighted by Crippen LogP contribution is 2.35. The summed E-state index contributed by atoms with van der Waals surface area (Å²) in [5, 5.41) is 9.49. The third-order valence-corrected chi connectivity index (χ3v) is 5.84. The number of pyridine rings is 1. The SMILES string of the molecule is Cc1cc(C(F)(F)F)c(-c2ccc(CCC(=O)O)cc2)c(=O)n1C.NC(=O)c1[nH]c2ccccc2c1N. The highest BCUT2D eigenvalue weighted by Gasteiger charge is 2.35. The number of nitrogens with two attached hydrogens (primary N) is 2. The minimum absolute atomic E-state index is 0.0700. The summed E-state index contributed by atoms with van der Waals surface area (Å²) in [6.45, 7) is 1.44. The van der Waals surface area contributed by atoms with Gasteiger partial charge < -0.3 is 26.1 Å². The quantitative estimate of drug-likeness (QED) is 0.315. The summed E-state index contributed by atoms with van der Waals surface area (Å²) >= 11 is 0. The fourth-order valence-electron chi connectivity index (χ4n) is 3.77. The number of aromatic nitrogens is 2. The maximum absolute atomic E-state index is 13.3. The number of carboxylic acid groups (broad SMARTS) is 1. The maximum Gasteiger partial charge on any atom is 0.417 e. The molecule has 2 heterocycles. The normalized spacial score (nSPS) is 11.2. The van der Waals surface area contributed by atoms with E-state index < -0.39 is 34.7 Å². The molecule has 6 N–H and O–H groups in total. The Balaban J connectivity index is 0.000000244. The lowest BCUT2D eigenvalue weighted by Gasteiger charge is -2.16. The number of anilines is 1. The van der Waals surface area contributed by atoms with Gasteiger partial charge in [0.2, 0.25) is 0 Å². The molecular weight excluding hydrogens is 489 g/mol. The molecule has 1 amide bonds. The number of rotatable bonds is 5. The van der Waals surface area contributed by atoms with Gasteiger partial charge in [-0.05, 0) is 36.6 Å². The number of fused-ring (bicyclic) bond motifs is 1. The van der Waals surface area contributed by atoms with Crippen LogP contribution < -0.4 is 17.0 Å². The van der Waals surface area contributed by atoms with Gasteiger partial charge in [0.05, 0.1) is 16.8 Å². The van der Waals surface area contributed by atoms with Crippen molar-refractivity contribution < 1.29 is 27.9 Å². The highest BCUT2D eigenvalue weighted by atomic mass is 19.4.